The molecule has 0 radical (unpaired) electrons. The SMILES string of the molecule is Cc1ccccc1NC(=O)CSc1nnc(-c2cc(Br)ccc2O)n1-c1ccccc1. The molecule has 1 amide bonds. The minimum absolute atomic E-state index is 0.0987. The summed E-state index contributed by atoms with van der Waals surface area (Å²) in [6, 6.07) is 22.4. The normalized spacial score (nSPS) is 10.8. The van der Waals surface area contributed by atoms with Crippen molar-refractivity contribution in [2.24, 2.45) is 0 Å². The van der Waals surface area contributed by atoms with Crippen molar-refractivity contribution >= 4 is 39.3 Å². The summed E-state index contributed by atoms with van der Waals surface area (Å²) < 4.78 is 2.66. The zero-order chi connectivity index (χ0) is 21.8. The molecule has 0 saturated carbocycles. The smallest absolute Gasteiger partial charge is 0.234 e. The van der Waals surface area contributed by atoms with Gasteiger partial charge in [-0.05, 0) is 48.9 Å². The van der Waals surface area contributed by atoms with E-state index in [4.69, 9.17) is 0 Å². The first-order chi connectivity index (χ1) is 15.0. The van der Waals surface area contributed by atoms with Gasteiger partial charge in [-0.25, -0.2) is 0 Å². The molecular weight excluding hydrogens is 476 g/mol. The van der Waals surface area contributed by atoms with Crippen LogP contribution in [0.15, 0.2) is 82.4 Å². The van der Waals surface area contributed by atoms with Crippen LogP contribution in [0.2, 0.25) is 0 Å². The molecule has 2 N–H and O–H groups in total. The molecule has 156 valence electrons. The highest BCUT2D eigenvalue weighted by Crippen LogP contribution is 2.34. The Morgan fingerprint density at radius 3 is 2.58 bits per heavy atom. The van der Waals surface area contributed by atoms with E-state index >= 15 is 0 Å². The van der Waals surface area contributed by atoms with Crippen molar-refractivity contribution in [3.05, 3.63) is 82.8 Å². The van der Waals surface area contributed by atoms with E-state index in [0.29, 0.717) is 16.5 Å². The standard InChI is InChI=1S/C23H19BrN4O2S/c1-15-7-5-6-10-19(15)25-21(30)14-31-23-27-26-22(18-13-16(24)11-12-20(18)29)28(23)17-8-3-2-4-9-17/h2-13,29H,14H2,1H3,(H,25,30). The number of aryl methyl sites for hydroxylation is 1. The molecule has 0 atom stereocenters. The third kappa shape index (κ3) is 4.81. The average molecular weight is 495 g/mol. The van der Waals surface area contributed by atoms with Crippen LogP contribution >= 0.6 is 27.7 Å². The maximum Gasteiger partial charge on any atom is 0.234 e. The first-order valence-corrected chi connectivity index (χ1v) is 11.3. The largest absolute Gasteiger partial charge is 0.507 e. The number of thioether (sulfide) groups is 1. The Morgan fingerprint density at radius 1 is 1.06 bits per heavy atom. The Morgan fingerprint density at radius 2 is 1.81 bits per heavy atom. The molecule has 0 aliphatic carbocycles. The minimum Gasteiger partial charge on any atom is -0.507 e. The molecule has 0 bridgehead atoms. The molecule has 0 aliphatic heterocycles. The summed E-state index contributed by atoms with van der Waals surface area (Å²) >= 11 is 4.73. The quantitative estimate of drug-likeness (QED) is 0.348. The van der Waals surface area contributed by atoms with Crippen molar-refractivity contribution in [2.45, 2.75) is 12.1 Å². The highest BCUT2D eigenvalue weighted by atomic mass is 79.9. The fourth-order valence-corrected chi connectivity index (χ4v) is 4.18. The van der Waals surface area contributed by atoms with Gasteiger partial charge in [0.25, 0.3) is 0 Å². The molecule has 1 aromatic heterocycles. The minimum atomic E-state index is -0.131. The number of nitrogens with zero attached hydrogens (tertiary/aromatic N) is 3. The zero-order valence-corrected chi connectivity index (χ0v) is 19.0. The van der Waals surface area contributed by atoms with Crippen molar-refractivity contribution in [3.63, 3.8) is 0 Å². The van der Waals surface area contributed by atoms with Gasteiger partial charge < -0.3 is 10.4 Å². The maximum atomic E-state index is 12.5. The van der Waals surface area contributed by atoms with E-state index in [1.165, 1.54) is 11.8 Å². The van der Waals surface area contributed by atoms with Gasteiger partial charge in [0.2, 0.25) is 5.91 Å². The third-order valence-electron chi connectivity index (χ3n) is 4.60. The fraction of sp³-hybridized carbons (Fsp3) is 0.0870. The van der Waals surface area contributed by atoms with Gasteiger partial charge in [-0.3, -0.25) is 9.36 Å². The van der Waals surface area contributed by atoms with Crippen molar-refractivity contribution in [1.29, 1.82) is 0 Å². The second kappa shape index (κ2) is 9.36. The van der Waals surface area contributed by atoms with Gasteiger partial charge in [-0.15, -0.1) is 10.2 Å². The van der Waals surface area contributed by atoms with Gasteiger partial charge in [0, 0.05) is 15.8 Å². The van der Waals surface area contributed by atoms with Crippen LogP contribution in [0.4, 0.5) is 5.69 Å². The van der Waals surface area contributed by atoms with Crippen molar-refractivity contribution < 1.29 is 9.90 Å². The van der Waals surface area contributed by atoms with Crippen LogP contribution in [0, 0.1) is 6.92 Å². The Labute approximate surface area is 192 Å². The number of carbonyl (C=O) groups excluding carboxylic acids is 1. The van der Waals surface area contributed by atoms with Gasteiger partial charge in [0.15, 0.2) is 11.0 Å². The number of phenolic OH excluding ortho intramolecular Hbond substituents is 1. The Kier molecular flexibility index (Phi) is 6.39. The molecule has 31 heavy (non-hydrogen) atoms. The Bertz CT molecular complexity index is 1230. The van der Waals surface area contributed by atoms with Gasteiger partial charge in [-0.2, -0.15) is 0 Å². The van der Waals surface area contributed by atoms with Crippen molar-refractivity contribution in [2.75, 3.05) is 11.1 Å². The Balaban J connectivity index is 1.64. The van der Waals surface area contributed by atoms with Gasteiger partial charge >= 0.3 is 0 Å². The van der Waals surface area contributed by atoms with E-state index in [2.05, 4.69) is 31.4 Å². The molecule has 0 spiro atoms. The number of nitrogens with one attached hydrogen (secondary N) is 1. The number of hydrogen-bond acceptors (Lipinski definition) is 5. The number of hydrogen-bond donors (Lipinski definition) is 2. The molecule has 8 heteroatoms. The van der Waals surface area contributed by atoms with E-state index in [-0.39, 0.29) is 17.4 Å². The molecule has 4 aromatic rings. The van der Waals surface area contributed by atoms with Crippen LogP contribution in [0.5, 0.6) is 5.75 Å². The molecule has 0 saturated heterocycles. The van der Waals surface area contributed by atoms with E-state index in [1.54, 1.807) is 18.2 Å². The van der Waals surface area contributed by atoms with Crippen molar-refractivity contribution in [1.82, 2.24) is 14.8 Å². The van der Waals surface area contributed by atoms with E-state index in [1.807, 2.05) is 66.1 Å². The number of anilines is 1. The summed E-state index contributed by atoms with van der Waals surface area (Å²) in [4.78, 5) is 12.5. The van der Waals surface area contributed by atoms with E-state index in [9.17, 15) is 9.90 Å². The molecule has 0 fully saturated rings. The number of rotatable bonds is 6. The van der Waals surface area contributed by atoms with E-state index in [0.717, 1.165) is 21.4 Å². The summed E-state index contributed by atoms with van der Waals surface area (Å²) in [6.45, 7) is 1.95. The third-order valence-corrected chi connectivity index (χ3v) is 6.02. The first kappa shape index (κ1) is 21.1. The second-order valence-electron chi connectivity index (χ2n) is 6.79. The summed E-state index contributed by atoms with van der Waals surface area (Å²) in [6.07, 6.45) is 0. The highest BCUT2D eigenvalue weighted by molar-refractivity contribution is 9.10. The molecular formula is C23H19BrN4O2S. The lowest BCUT2D eigenvalue weighted by molar-refractivity contribution is -0.113. The second-order valence-corrected chi connectivity index (χ2v) is 8.65. The molecule has 6 nitrogen and oxygen atoms in total. The summed E-state index contributed by atoms with van der Waals surface area (Å²) in [5, 5.41) is 22.5. The lowest BCUT2D eigenvalue weighted by Gasteiger charge is -2.12. The van der Waals surface area contributed by atoms with Crippen molar-refractivity contribution in [3.8, 4) is 22.8 Å². The van der Waals surface area contributed by atoms with Gasteiger partial charge in [0.05, 0.1) is 11.3 Å². The molecule has 0 unspecified atom stereocenters. The zero-order valence-electron chi connectivity index (χ0n) is 16.6. The summed E-state index contributed by atoms with van der Waals surface area (Å²) in [7, 11) is 0. The number of para-hydroxylation sites is 2. The molecule has 1 heterocycles. The maximum absolute atomic E-state index is 12.5. The fourth-order valence-electron chi connectivity index (χ4n) is 3.06. The van der Waals surface area contributed by atoms with Gasteiger partial charge in [-0.1, -0.05) is 64.1 Å². The highest BCUT2D eigenvalue weighted by Gasteiger charge is 2.20. The number of amides is 1. The first-order valence-electron chi connectivity index (χ1n) is 9.51. The molecule has 4 rings (SSSR count). The van der Waals surface area contributed by atoms with Crippen LogP contribution in [-0.4, -0.2) is 31.5 Å². The van der Waals surface area contributed by atoms with Crippen LogP contribution in [0.3, 0.4) is 0 Å². The van der Waals surface area contributed by atoms with Crippen LogP contribution < -0.4 is 5.32 Å². The summed E-state index contributed by atoms with van der Waals surface area (Å²) in [5.41, 5.74) is 3.17. The number of halogens is 1. The lowest BCUT2D eigenvalue weighted by atomic mass is 10.2. The predicted octanol–water partition coefficient (Wildman–Crippen LogP) is 5.44. The number of carbonyl (C=O) groups is 1. The number of benzene rings is 3. The lowest BCUT2D eigenvalue weighted by Crippen LogP contribution is -2.15. The van der Waals surface area contributed by atoms with E-state index < -0.39 is 0 Å². The van der Waals surface area contributed by atoms with Crippen LogP contribution in [0.1, 0.15) is 5.56 Å². The van der Waals surface area contributed by atoms with Gasteiger partial charge in [0.1, 0.15) is 5.75 Å². The number of phenols is 1. The van der Waals surface area contributed by atoms with Crippen LogP contribution in [0.25, 0.3) is 17.1 Å². The predicted molar refractivity (Wildman–Crippen MR) is 127 cm³/mol. The number of aromatic nitrogens is 3. The molecule has 3 aromatic carbocycles. The van der Waals surface area contributed by atoms with Crippen LogP contribution in [-0.2, 0) is 4.79 Å². The monoisotopic (exact) mass is 494 g/mol. The Hall–Kier alpha value is -3.10. The number of aromatic hydroxyl groups is 1. The summed E-state index contributed by atoms with van der Waals surface area (Å²) in [5.74, 6) is 0.631. The molecule has 0 aliphatic rings. The average Bonchev–Trinajstić information content (AvgIpc) is 3.20. The topological polar surface area (TPSA) is 80.0 Å².